The van der Waals surface area contributed by atoms with Crippen LogP contribution in [-0.4, -0.2) is 113 Å². The third-order valence-corrected chi connectivity index (χ3v) is 10.6. The van der Waals surface area contributed by atoms with E-state index in [0.29, 0.717) is 65.4 Å². The van der Waals surface area contributed by atoms with Crippen LogP contribution in [0.25, 0.3) is 11.4 Å². The van der Waals surface area contributed by atoms with Crippen molar-refractivity contribution in [2.45, 2.75) is 70.4 Å². The second-order valence-corrected chi connectivity index (χ2v) is 14.6. The highest BCUT2D eigenvalue weighted by Gasteiger charge is 2.34. The molecule has 2 fully saturated rings. The highest BCUT2D eigenvalue weighted by molar-refractivity contribution is 5.98. The summed E-state index contributed by atoms with van der Waals surface area (Å²) in [7, 11) is 1.60. The molecular formula is C42H46N11O6+. The van der Waals surface area contributed by atoms with Gasteiger partial charge in [-0.2, -0.15) is 15.0 Å². The summed E-state index contributed by atoms with van der Waals surface area (Å²) in [4.78, 5) is 43.2. The largest absolute Gasteiger partial charge is 0.497 e. The zero-order chi connectivity index (χ0) is 40.7. The number of hydrogen-bond acceptors (Lipinski definition) is 12. The summed E-state index contributed by atoms with van der Waals surface area (Å²) in [5.41, 5.74) is 2.20. The molecule has 0 radical (unpaired) electrons. The number of hydrogen-bond donors (Lipinski definition) is 0. The molecule has 6 aromatic rings. The van der Waals surface area contributed by atoms with E-state index >= 15 is 0 Å². The number of nitrogens with zero attached hydrogens (tertiary/aromatic N) is 11. The fourth-order valence-corrected chi connectivity index (χ4v) is 7.42. The van der Waals surface area contributed by atoms with Gasteiger partial charge in [0.15, 0.2) is 5.69 Å². The Kier molecular flexibility index (Phi) is 11.7. The molecule has 4 aromatic heterocycles. The number of likely N-dealkylation sites (tertiary alicyclic amines) is 2. The van der Waals surface area contributed by atoms with Crippen molar-refractivity contribution in [3.8, 4) is 34.6 Å². The Hall–Kier alpha value is -6.91. The average molecular weight is 801 g/mol. The zero-order valence-corrected chi connectivity index (χ0v) is 33.2. The highest BCUT2D eigenvalue weighted by Crippen LogP contribution is 2.28. The number of rotatable bonds is 13. The SMILES string of the molecule is COc1ccnc(OC2CCC(C)N(C(=O)c3ccccc3-n3nc[n+](CCOc4ccnc(OC5CCC(C)N(C(=O)c6ccccc6-n6nccn6)C5)c4)n3)C2)c1. The van der Waals surface area contributed by atoms with Crippen LogP contribution in [0, 0.1) is 0 Å². The van der Waals surface area contributed by atoms with Gasteiger partial charge in [0, 0.05) is 41.4 Å². The van der Waals surface area contributed by atoms with Crippen LogP contribution in [0.15, 0.2) is 104 Å². The maximum atomic E-state index is 14.1. The van der Waals surface area contributed by atoms with Gasteiger partial charge in [0.2, 0.25) is 11.8 Å². The molecule has 6 heterocycles. The third-order valence-electron chi connectivity index (χ3n) is 10.6. The van der Waals surface area contributed by atoms with Gasteiger partial charge in [0.1, 0.15) is 36.9 Å². The number of ether oxygens (including phenoxy) is 4. The van der Waals surface area contributed by atoms with E-state index in [4.69, 9.17) is 18.9 Å². The molecule has 4 unspecified atom stereocenters. The minimum absolute atomic E-state index is 0.0189. The molecular weight excluding hydrogens is 755 g/mol. The topological polar surface area (TPSA) is 169 Å². The molecule has 2 aliphatic heterocycles. The fraction of sp³-hybridized carbons (Fsp3) is 0.357. The van der Waals surface area contributed by atoms with Crippen LogP contribution in [0.3, 0.4) is 0 Å². The molecule has 0 aliphatic carbocycles. The Labute approximate surface area is 341 Å². The molecule has 0 bridgehead atoms. The molecule has 17 heteroatoms. The number of methoxy groups -OCH3 is 1. The van der Waals surface area contributed by atoms with E-state index in [1.165, 1.54) is 9.59 Å². The normalized spacial score (nSPS) is 19.2. The van der Waals surface area contributed by atoms with Gasteiger partial charge in [-0.3, -0.25) is 9.59 Å². The van der Waals surface area contributed by atoms with Gasteiger partial charge in [0.25, 0.3) is 18.1 Å². The zero-order valence-electron chi connectivity index (χ0n) is 33.2. The second kappa shape index (κ2) is 17.7. The first-order valence-corrected chi connectivity index (χ1v) is 19.7. The number of tetrazole rings is 1. The Morgan fingerprint density at radius 3 is 1.81 bits per heavy atom. The monoisotopic (exact) mass is 800 g/mol. The molecule has 59 heavy (non-hydrogen) atoms. The first-order chi connectivity index (χ1) is 28.8. The number of piperidine rings is 2. The van der Waals surface area contributed by atoms with Gasteiger partial charge in [0.05, 0.1) is 59.7 Å². The Morgan fingerprint density at radius 1 is 0.678 bits per heavy atom. The number of carbonyl (C=O) groups is 2. The Morgan fingerprint density at radius 2 is 1.22 bits per heavy atom. The summed E-state index contributed by atoms with van der Waals surface area (Å²) >= 11 is 0. The molecule has 304 valence electrons. The predicted octanol–water partition coefficient (Wildman–Crippen LogP) is 4.16. The van der Waals surface area contributed by atoms with Crippen molar-refractivity contribution >= 4 is 11.8 Å². The van der Waals surface area contributed by atoms with E-state index in [2.05, 4.69) is 44.3 Å². The number of benzene rings is 2. The van der Waals surface area contributed by atoms with E-state index in [-0.39, 0.29) is 42.7 Å². The maximum absolute atomic E-state index is 14.1. The van der Waals surface area contributed by atoms with Crippen LogP contribution in [0.5, 0.6) is 23.3 Å². The van der Waals surface area contributed by atoms with Crippen LogP contribution in [0.4, 0.5) is 0 Å². The molecule has 4 atom stereocenters. The van der Waals surface area contributed by atoms with Gasteiger partial charge >= 0.3 is 0 Å². The molecule has 2 saturated heterocycles. The standard InChI is InChI=1S/C42H46N11O6/c1-29-13-15-34(27-50(29)41(54)35-8-4-6-10-37(35)52-45-20-21-46-52)59-40-25-32(17-19-44-40)57-23-22-49-28-47-53(48-49)38-11-7-5-9-36(38)42(55)51-26-33(14-12-30(51)2)58-39-24-31(56-3)16-18-43-39/h4-11,16-21,24-25,28-30,33-34H,12-15,22-23,26-27H2,1-3H3/q+1. The van der Waals surface area contributed by atoms with Crippen LogP contribution in [-0.2, 0) is 6.54 Å². The minimum Gasteiger partial charge on any atom is -0.497 e. The summed E-state index contributed by atoms with van der Waals surface area (Å²) < 4.78 is 25.5. The van der Waals surface area contributed by atoms with Crippen LogP contribution < -0.4 is 23.6 Å². The molecule has 0 N–H and O–H groups in total. The summed E-state index contributed by atoms with van der Waals surface area (Å²) in [6.45, 7) is 5.60. The summed E-state index contributed by atoms with van der Waals surface area (Å²) in [5, 5.41) is 17.6. The molecule has 0 spiro atoms. The van der Waals surface area contributed by atoms with Crippen LogP contribution in [0.1, 0.15) is 60.2 Å². The van der Waals surface area contributed by atoms with Gasteiger partial charge < -0.3 is 28.7 Å². The molecule has 2 aromatic carbocycles. The molecule has 8 rings (SSSR count). The van der Waals surface area contributed by atoms with Gasteiger partial charge in [-0.1, -0.05) is 24.3 Å². The predicted molar refractivity (Wildman–Crippen MR) is 212 cm³/mol. The van der Waals surface area contributed by atoms with E-state index in [1.807, 2.05) is 46.2 Å². The van der Waals surface area contributed by atoms with Crippen molar-refractivity contribution in [3.63, 3.8) is 0 Å². The number of amides is 2. The highest BCUT2D eigenvalue weighted by atomic mass is 16.5. The number of para-hydroxylation sites is 2. The lowest BCUT2D eigenvalue weighted by Gasteiger charge is -2.38. The van der Waals surface area contributed by atoms with E-state index in [1.54, 1.807) is 79.3 Å². The number of aromatic nitrogens is 9. The lowest BCUT2D eigenvalue weighted by Crippen LogP contribution is -2.49. The number of carbonyl (C=O) groups excluding carboxylic acids is 2. The third kappa shape index (κ3) is 8.98. The van der Waals surface area contributed by atoms with Crippen LogP contribution in [0.2, 0.25) is 0 Å². The van der Waals surface area contributed by atoms with Crippen molar-refractivity contribution in [3.05, 3.63) is 115 Å². The van der Waals surface area contributed by atoms with Crippen molar-refractivity contribution in [2.75, 3.05) is 26.8 Å². The molecule has 2 amide bonds. The van der Waals surface area contributed by atoms with Crippen LogP contribution >= 0.6 is 0 Å². The quantitative estimate of drug-likeness (QED) is 0.153. The fourth-order valence-electron chi connectivity index (χ4n) is 7.42. The minimum atomic E-state index is -0.252. The molecule has 0 saturated carbocycles. The molecule has 17 nitrogen and oxygen atoms in total. The first-order valence-electron chi connectivity index (χ1n) is 19.7. The van der Waals surface area contributed by atoms with E-state index in [0.717, 1.165) is 25.7 Å². The number of pyridine rings is 2. The molecule has 2 aliphatic rings. The van der Waals surface area contributed by atoms with Crippen molar-refractivity contribution in [1.29, 1.82) is 0 Å². The summed E-state index contributed by atoms with van der Waals surface area (Å²) in [6, 6.07) is 21.7. The smallest absolute Gasteiger partial charge is 0.286 e. The van der Waals surface area contributed by atoms with E-state index < -0.39 is 0 Å². The lowest BCUT2D eigenvalue weighted by molar-refractivity contribution is -0.755. The Balaban J connectivity index is 0.865. The summed E-state index contributed by atoms with van der Waals surface area (Å²) in [5.74, 6) is 1.88. The van der Waals surface area contributed by atoms with Gasteiger partial charge in [-0.05, 0) is 75.9 Å². The van der Waals surface area contributed by atoms with Crippen molar-refractivity contribution in [2.24, 2.45) is 0 Å². The Bertz CT molecular complexity index is 2370. The van der Waals surface area contributed by atoms with Gasteiger partial charge in [-0.25, -0.2) is 9.97 Å². The first kappa shape index (κ1) is 38.9. The second-order valence-electron chi connectivity index (χ2n) is 14.6. The lowest BCUT2D eigenvalue weighted by atomic mass is 9.99. The average Bonchev–Trinajstić information content (AvgIpc) is 3.99. The summed E-state index contributed by atoms with van der Waals surface area (Å²) in [6.07, 6.45) is 10.7. The van der Waals surface area contributed by atoms with Crippen molar-refractivity contribution in [1.82, 2.24) is 49.9 Å². The van der Waals surface area contributed by atoms with Crippen molar-refractivity contribution < 1.29 is 33.2 Å². The maximum Gasteiger partial charge on any atom is 0.286 e. The van der Waals surface area contributed by atoms with E-state index in [9.17, 15) is 9.59 Å². The van der Waals surface area contributed by atoms with Gasteiger partial charge in [-0.15, -0.1) is 4.68 Å².